The Morgan fingerprint density at radius 2 is 2.00 bits per heavy atom. The fourth-order valence-corrected chi connectivity index (χ4v) is 1.90. The molecule has 0 amide bonds. The summed E-state index contributed by atoms with van der Waals surface area (Å²) in [5.41, 5.74) is 7.47. The highest BCUT2D eigenvalue weighted by atomic mass is 16.3. The molecule has 1 aromatic rings. The Labute approximate surface area is 84.7 Å². The molecular weight excluding hydrogens is 174 g/mol. The lowest BCUT2D eigenvalue weighted by atomic mass is 10.0. The van der Waals surface area contributed by atoms with Gasteiger partial charge in [-0.1, -0.05) is 19.1 Å². The molecule has 1 fully saturated rings. The van der Waals surface area contributed by atoms with Crippen LogP contribution in [0.5, 0.6) is 5.75 Å². The summed E-state index contributed by atoms with van der Waals surface area (Å²) in [5, 5.41) is 9.11. The zero-order chi connectivity index (χ0) is 10.2. The third-order valence-electron chi connectivity index (χ3n) is 3.32. The summed E-state index contributed by atoms with van der Waals surface area (Å²) < 4.78 is 0. The molecule has 1 saturated carbocycles. The first kappa shape index (κ1) is 9.53. The van der Waals surface area contributed by atoms with Crippen molar-refractivity contribution >= 4 is 0 Å². The number of hydrogen-bond donors (Lipinski definition) is 2. The number of benzene rings is 1. The lowest BCUT2D eigenvalue weighted by Gasteiger charge is -2.09. The van der Waals surface area contributed by atoms with Crippen molar-refractivity contribution in [3.63, 3.8) is 0 Å². The van der Waals surface area contributed by atoms with Gasteiger partial charge in [-0.15, -0.1) is 0 Å². The van der Waals surface area contributed by atoms with E-state index in [9.17, 15) is 0 Å². The van der Waals surface area contributed by atoms with E-state index in [0.717, 1.165) is 19.3 Å². The molecule has 2 rings (SSSR count). The van der Waals surface area contributed by atoms with Gasteiger partial charge < -0.3 is 10.8 Å². The van der Waals surface area contributed by atoms with Crippen molar-refractivity contribution in [3.8, 4) is 5.75 Å². The topological polar surface area (TPSA) is 46.2 Å². The van der Waals surface area contributed by atoms with Gasteiger partial charge in [-0.3, -0.25) is 0 Å². The highest BCUT2D eigenvalue weighted by Crippen LogP contribution is 2.43. The summed E-state index contributed by atoms with van der Waals surface area (Å²) in [7, 11) is 0. The Balaban J connectivity index is 1.89. The van der Waals surface area contributed by atoms with E-state index in [1.807, 2.05) is 12.1 Å². The molecular formula is C12H17NO. The lowest BCUT2D eigenvalue weighted by Crippen LogP contribution is -2.24. The average molecular weight is 191 g/mol. The number of nitrogens with two attached hydrogens (primary N) is 1. The second-order valence-electron chi connectivity index (χ2n) is 4.50. The van der Waals surface area contributed by atoms with E-state index in [1.54, 1.807) is 12.1 Å². The van der Waals surface area contributed by atoms with E-state index in [-0.39, 0.29) is 5.54 Å². The van der Waals surface area contributed by atoms with E-state index < -0.39 is 0 Å². The van der Waals surface area contributed by atoms with Crippen LogP contribution >= 0.6 is 0 Å². The van der Waals surface area contributed by atoms with Crippen molar-refractivity contribution in [2.75, 3.05) is 0 Å². The first-order valence-electron chi connectivity index (χ1n) is 5.17. The van der Waals surface area contributed by atoms with E-state index in [2.05, 4.69) is 6.92 Å². The zero-order valence-electron chi connectivity index (χ0n) is 8.53. The van der Waals surface area contributed by atoms with Crippen molar-refractivity contribution in [1.82, 2.24) is 0 Å². The van der Waals surface area contributed by atoms with Crippen LogP contribution in [0.3, 0.4) is 0 Å². The van der Waals surface area contributed by atoms with E-state index in [0.29, 0.717) is 11.7 Å². The van der Waals surface area contributed by atoms with Crippen LogP contribution in [0.2, 0.25) is 0 Å². The van der Waals surface area contributed by atoms with Gasteiger partial charge in [0, 0.05) is 5.54 Å². The Hall–Kier alpha value is -1.02. The maximum absolute atomic E-state index is 9.11. The molecule has 1 aliphatic carbocycles. The van der Waals surface area contributed by atoms with Crippen LogP contribution in [0.1, 0.15) is 25.3 Å². The third-order valence-corrected chi connectivity index (χ3v) is 3.32. The van der Waals surface area contributed by atoms with Gasteiger partial charge in [0.25, 0.3) is 0 Å². The second-order valence-corrected chi connectivity index (χ2v) is 4.50. The molecule has 2 heteroatoms. The van der Waals surface area contributed by atoms with Crippen LogP contribution in [0.25, 0.3) is 0 Å². The van der Waals surface area contributed by atoms with Gasteiger partial charge in [0.05, 0.1) is 0 Å². The standard InChI is InChI=1S/C12H17NO/c1-9-8-12(9,13)7-6-10-2-4-11(14)5-3-10/h2-5,9,14H,6-8,13H2,1H3. The van der Waals surface area contributed by atoms with Gasteiger partial charge >= 0.3 is 0 Å². The molecule has 2 atom stereocenters. The number of aryl methyl sites for hydroxylation is 1. The molecule has 2 unspecified atom stereocenters. The highest BCUT2D eigenvalue weighted by molar-refractivity contribution is 5.26. The minimum atomic E-state index is 0.0951. The summed E-state index contributed by atoms with van der Waals surface area (Å²) in [6.45, 7) is 2.21. The predicted molar refractivity (Wildman–Crippen MR) is 57.1 cm³/mol. The van der Waals surface area contributed by atoms with Crippen LogP contribution in [-0.4, -0.2) is 10.6 Å². The smallest absolute Gasteiger partial charge is 0.115 e. The van der Waals surface area contributed by atoms with Crippen LogP contribution in [0, 0.1) is 5.92 Å². The van der Waals surface area contributed by atoms with Gasteiger partial charge in [-0.05, 0) is 42.9 Å². The normalized spacial score (nSPS) is 30.3. The van der Waals surface area contributed by atoms with Crippen molar-refractivity contribution < 1.29 is 5.11 Å². The fourth-order valence-electron chi connectivity index (χ4n) is 1.90. The van der Waals surface area contributed by atoms with Crippen molar-refractivity contribution in [1.29, 1.82) is 0 Å². The number of aromatic hydroxyl groups is 1. The molecule has 1 aromatic carbocycles. The monoisotopic (exact) mass is 191 g/mol. The largest absolute Gasteiger partial charge is 0.508 e. The molecule has 0 spiro atoms. The molecule has 14 heavy (non-hydrogen) atoms. The molecule has 3 N–H and O–H groups in total. The molecule has 76 valence electrons. The van der Waals surface area contributed by atoms with Crippen LogP contribution < -0.4 is 5.73 Å². The molecule has 0 radical (unpaired) electrons. The summed E-state index contributed by atoms with van der Waals surface area (Å²) in [4.78, 5) is 0. The van der Waals surface area contributed by atoms with Crippen LogP contribution in [-0.2, 0) is 6.42 Å². The van der Waals surface area contributed by atoms with Gasteiger partial charge in [0.1, 0.15) is 5.75 Å². The highest BCUT2D eigenvalue weighted by Gasteiger charge is 2.46. The number of hydrogen-bond acceptors (Lipinski definition) is 2. The van der Waals surface area contributed by atoms with Gasteiger partial charge in [-0.2, -0.15) is 0 Å². The van der Waals surface area contributed by atoms with Crippen molar-refractivity contribution in [2.24, 2.45) is 11.7 Å². The maximum Gasteiger partial charge on any atom is 0.115 e. The minimum Gasteiger partial charge on any atom is -0.508 e. The minimum absolute atomic E-state index is 0.0951. The molecule has 0 bridgehead atoms. The Morgan fingerprint density at radius 1 is 1.43 bits per heavy atom. The quantitative estimate of drug-likeness (QED) is 0.768. The summed E-state index contributed by atoms with van der Waals surface area (Å²) in [5.74, 6) is 1.01. The first-order valence-corrected chi connectivity index (χ1v) is 5.17. The number of rotatable bonds is 3. The molecule has 1 aliphatic rings. The van der Waals surface area contributed by atoms with Crippen LogP contribution in [0.4, 0.5) is 0 Å². The number of phenols is 1. The Bertz CT molecular complexity index is 320. The van der Waals surface area contributed by atoms with E-state index in [1.165, 1.54) is 5.56 Å². The maximum atomic E-state index is 9.11. The lowest BCUT2D eigenvalue weighted by molar-refractivity contribution is 0.475. The molecule has 0 saturated heterocycles. The van der Waals surface area contributed by atoms with E-state index >= 15 is 0 Å². The summed E-state index contributed by atoms with van der Waals surface area (Å²) in [6, 6.07) is 7.39. The average Bonchev–Trinajstić information content (AvgIpc) is 2.74. The molecule has 2 nitrogen and oxygen atoms in total. The van der Waals surface area contributed by atoms with E-state index in [4.69, 9.17) is 10.8 Å². The summed E-state index contributed by atoms with van der Waals surface area (Å²) in [6.07, 6.45) is 3.23. The molecule has 0 heterocycles. The molecule has 0 aromatic heterocycles. The second kappa shape index (κ2) is 3.28. The number of phenolic OH excluding ortho intramolecular Hbond substituents is 1. The SMILES string of the molecule is CC1CC1(N)CCc1ccc(O)cc1. The predicted octanol–water partition coefficient (Wildman–Crippen LogP) is 2.06. The van der Waals surface area contributed by atoms with Crippen molar-refractivity contribution in [3.05, 3.63) is 29.8 Å². The van der Waals surface area contributed by atoms with Gasteiger partial charge in [0.15, 0.2) is 0 Å². The molecule has 0 aliphatic heterocycles. The Kier molecular flexibility index (Phi) is 2.23. The Morgan fingerprint density at radius 3 is 2.50 bits per heavy atom. The zero-order valence-corrected chi connectivity index (χ0v) is 8.53. The first-order chi connectivity index (χ1) is 6.60. The summed E-state index contributed by atoms with van der Waals surface area (Å²) >= 11 is 0. The van der Waals surface area contributed by atoms with Crippen LogP contribution in [0.15, 0.2) is 24.3 Å². The fraction of sp³-hybridized carbons (Fsp3) is 0.500. The van der Waals surface area contributed by atoms with Gasteiger partial charge in [-0.25, -0.2) is 0 Å². The van der Waals surface area contributed by atoms with Gasteiger partial charge in [0.2, 0.25) is 0 Å². The third kappa shape index (κ3) is 1.90. The van der Waals surface area contributed by atoms with Crippen molar-refractivity contribution in [2.45, 2.75) is 31.7 Å².